The van der Waals surface area contributed by atoms with Gasteiger partial charge in [0.1, 0.15) is 0 Å². The van der Waals surface area contributed by atoms with Gasteiger partial charge in [-0.15, -0.1) is 0 Å². The van der Waals surface area contributed by atoms with E-state index < -0.39 is 11.9 Å². The molecule has 2 aromatic rings. The molecule has 1 unspecified atom stereocenters. The standard InChI is InChI=1S/C14H17NO2/c1-4-15-12-7-5-6-9(2)11(12)8-13(15)10(3)14(16)17/h5-8,10H,4H2,1-3H3,(H,16,17). The number of hydrogen-bond acceptors (Lipinski definition) is 1. The van der Waals surface area contributed by atoms with Gasteiger partial charge in [0, 0.05) is 23.1 Å². The highest BCUT2D eigenvalue weighted by atomic mass is 16.4. The third-order valence-corrected chi connectivity index (χ3v) is 3.33. The lowest BCUT2D eigenvalue weighted by Gasteiger charge is -2.11. The highest BCUT2D eigenvalue weighted by molar-refractivity contribution is 5.87. The predicted octanol–water partition coefficient (Wildman–Crippen LogP) is 3.16. The van der Waals surface area contributed by atoms with Gasteiger partial charge < -0.3 is 9.67 Å². The Hall–Kier alpha value is -1.77. The van der Waals surface area contributed by atoms with Crippen LogP contribution in [0.15, 0.2) is 24.3 Å². The minimum absolute atomic E-state index is 0.471. The molecule has 0 saturated heterocycles. The topological polar surface area (TPSA) is 42.2 Å². The van der Waals surface area contributed by atoms with Crippen LogP contribution in [0, 0.1) is 6.92 Å². The van der Waals surface area contributed by atoms with Crippen LogP contribution < -0.4 is 0 Å². The molecule has 0 amide bonds. The molecule has 90 valence electrons. The summed E-state index contributed by atoms with van der Waals surface area (Å²) in [6.45, 7) is 6.62. The molecule has 0 radical (unpaired) electrons. The fourth-order valence-corrected chi connectivity index (χ4v) is 2.29. The summed E-state index contributed by atoms with van der Waals surface area (Å²) in [4.78, 5) is 11.1. The normalized spacial score (nSPS) is 12.9. The van der Waals surface area contributed by atoms with E-state index in [0.717, 1.165) is 23.1 Å². The van der Waals surface area contributed by atoms with Crippen LogP contribution in [0.1, 0.15) is 31.0 Å². The molecule has 0 aliphatic heterocycles. The van der Waals surface area contributed by atoms with E-state index >= 15 is 0 Å². The molecular weight excluding hydrogens is 214 g/mol. The van der Waals surface area contributed by atoms with Crippen molar-refractivity contribution in [2.24, 2.45) is 0 Å². The lowest BCUT2D eigenvalue weighted by molar-refractivity contribution is -0.138. The molecule has 0 spiro atoms. The van der Waals surface area contributed by atoms with Gasteiger partial charge in [-0.05, 0) is 38.5 Å². The van der Waals surface area contributed by atoms with Crippen molar-refractivity contribution >= 4 is 16.9 Å². The predicted molar refractivity (Wildman–Crippen MR) is 68.4 cm³/mol. The molecule has 1 atom stereocenters. The minimum Gasteiger partial charge on any atom is -0.481 e. The van der Waals surface area contributed by atoms with Crippen LogP contribution in [0.5, 0.6) is 0 Å². The zero-order valence-corrected chi connectivity index (χ0v) is 10.4. The third-order valence-electron chi connectivity index (χ3n) is 3.33. The maximum Gasteiger partial charge on any atom is 0.312 e. The Morgan fingerprint density at radius 3 is 2.76 bits per heavy atom. The van der Waals surface area contributed by atoms with Crippen LogP contribution >= 0.6 is 0 Å². The van der Waals surface area contributed by atoms with Crippen molar-refractivity contribution in [3.05, 3.63) is 35.5 Å². The molecule has 3 heteroatoms. The van der Waals surface area contributed by atoms with Crippen molar-refractivity contribution in [2.45, 2.75) is 33.2 Å². The van der Waals surface area contributed by atoms with Gasteiger partial charge in [-0.3, -0.25) is 4.79 Å². The van der Waals surface area contributed by atoms with Gasteiger partial charge in [-0.2, -0.15) is 0 Å². The number of hydrogen-bond donors (Lipinski definition) is 1. The van der Waals surface area contributed by atoms with Crippen LogP contribution in [-0.4, -0.2) is 15.6 Å². The van der Waals surface area contributed by atoms with E-state index in [0.29, 0.717) is 0 Å². The van der Waals surface area contributed by atoms with Gasteiger partial charge >= 0.3 is 5.97 Å². The summed E-state index contributed by atoms with van der Waals surface area (Å²) in [6.07, 6.45) is 0. The monoisotopic (exact) mass is 231 g/mol. The second kappa shape index (κ2) is 4.24. The summed E-state index contributed by atoms with van der Waals surface area (Å²) in [7, 11) is 0. The highest BCUT2D eigenvalue weighted by Gasteiger charge is 2.19. The van der Waals surface area contributed by atoms with Gasteiger partial charge in [0.15, 0.2) is 0 Å². The van der Waals surface area contributed by atoms with Gasteiger partial charge in [0.25, 0.3) is 0 Å². The zero-order valence-electron chi connectivity index (χ0n) is 10.4. The number of benzene rings is 1. The Morgan fingerprint density at radius 2 is 2.18 bits per heavy atom. The molecule has 1 aromatic heterocycles. The number of rotatable bonds is 3. The van der Waals surface area contributed by atoms with Crippen LogP contribution in [0.4, 0.5) is 0 Å². The number of fused-ring (bicyclic) bond motifs is 1. The van der Waals surface area contributed by atoms with Crippen LogP contribution in [0.25, 0.3) is 10.9 Å². The Labute approximate surface area is 101 Å². The fraction of sp³-hybridized carbons (Fsp3) is 0.357. The number of aryl methyl sites for hydroxylation is 2. The number of carboxylic acid groups (broad SMARTS) is 1. The summed E-state index contributed by atoms with van der Waals surface area (Å²) in [5, 5.41) is 10.3. The van der Waals surface area contributed by atoms with Crippen molar-refractivity contribution in [1.29, 1.82) is 0 Å². The van der Waals surface area contributed by atoms with E-state index in [1.807, 2.05) is 25.1 Å². The summed E-state index contributed by atoms with van der Waals surface area (Å²) in [5.41, 5.74) is 3.19. The quantitative estimate of drug-likeness (QED) is 0.881. The van der Waals surface area contributed by atoms with Gasteiger partial charge in [0.05, 0.1) is 5.92 Å². The molecule has 3 nitrogen and oxygen atoms in total. The second-order valence-corrected chi connectivity index (χ2v) is 4.38. The van der Waals surface area contributed by atoms with Gasteiger partial charge in [-0.1, -0.05) is 12.1 Å². The van der Waals surface area contributed by atoms with Gasteiger partial charge in [-0.25, -0.2) is 0 Å². The molecule has 0 bridgehead atoms. The summed E-state index contributed by atoms with van der Waals surface area (Å²) in [6, 6.07) is 8.12. The number of aromatic nitrogens is 1. The maximum atomic E-state index is 11.1. The smallest absolute Gasteiger partial charge is 0.312 e. The maximum absolute atomic E-state index is 11.1. The molecule has 0 aliphatic rings. The van der Waals surface area contributed by atoms with E-state index in [1.165, 1.54) is 5.56 Å². The molecule has 1 N–H and O–H groups in total. The second-order valence-electron chi connectivity index (χ2n) is 4.38. The largest absolute Gasteiger partial charge is 0.481 e. The van der Waals surface area contributed by atoms with E-state index in [4.69, 9.17) is 5.11 Å². The van der Waals surface area contributed by atoms with Crippen LogP contribution in [-0.2, 0) is 11.3 Å². The van der Waals surface area contributed by atoms with Crippen molar-refractivity contribution in [3.8, 4) is 0 Å². The molecule has 2 rings (SSSR count). The Morgan fingerprint density at radius 1 is 1.47 bits per heavy atom. The summed E-state index contributed by atoms with van der Waals surface area (Å²) < 4.78 is 2.08. The highest BCUT2D eigenvalue weighted by Crippen LogP contribution is 2.27. The Balaban J connectivity index is 2.72. The average molecular weight is 231 g/mol. The Bertz CT molecular complexity index is 569. The minimum atomic E-state index is -0.778. The number of aliphatic carboxylic acids is 1. The summed E-state index contributed by atoms with van der Waals surface area (Å²) >= 11 is 0. The number of carboxylic acids is 1. The summed E-state index contributed by atoms with van der Waals surface area (Å²) in [5.74, 6) is -1.25. The first kappa shape index (κ1) is 11.7. The lowest BCUT2D eigenvalue weighted by Crippen LogP contribution is -2.12. The molecule has 0 saturated carbocycles. The third kappa shape index (κ3) is 1.82. The van der Waals surface area contributed by atoms with Gasteiger partial charge in [0.2, 0.25) is 0 Å². The van der Waals surface area contributed by atoms with E-state index in [2.05, 4.69) is 17.6 Å². The molecule has 1 aromatic carbocycles. The first-order chi connectivity index (χ1) is 8.06. The first-order valence-electron chi connectivity index (χ1n) is 5.87. The molecular formula is C14H17NO2. The zero-order chi connectivity index (χ0) is 12.6. The van der Waals surface area contributed by atoms with Crippen LogP contribution in [0.2, 0.25) is 0 Å². The number of carbonyl (C=O) groups is 1. The Kier molecular flexibility index (Phi) is 2.92. The van der Waals surface area contributed by atoms with E-state index in [9.17, 15) is 4.79 Å². The van der Waals surface area contributed by atoms with Crippen molar-refractivity contribution in [1.82, 2.24) is 4.57 Å². The number of nitrogens with zero attached hydrogens (tertiary/aromatic N) is 1. The van der Waals surface area contributed by atoms with Crippen LogP contribution in [0.3, 0.4) is 0 Å². The molecule has 1 heterocycles. The van der Waals surface area contributed by atoms with E-state index in [1.54, 1.807) is 6.92 Å². The van der Waals surface area contributed by atoms with Crippen molar-refractivity contribution < 1.29 is 9.90 Å². The molecule has 0 aliphatic carbocycles. The first-order valence-corrected chi connectivity index (χ1v) is 5.87. The average Bonchev–Trinajstić information content (AvgIpc) is 2.67. The molecule has 17 heavy (non-hydrogen) atoms. The van der Waals surface area contributed by atoms with Crippen molar-refractivity contribution in [2.75, 3.05) is 0 Å². The lowest BCUT2D eigenvalue weighted by atomic mass is 10.1. The van der Waals surface area contributed by atoms with Crippen molar-refractivity contribution in [3.63, 3.8) is 0 Å². The SMILES string of the molecule is CCn1c(C(C)C(=O)O)cc2c(C)cccc21. The fourth-order valence-electron chi connectivity index (χ4n) is 2.29. The van der Waals surface area contributed by atoms with E-state index in [-0.39, 0.29) is 0 Å². The molecule has 0 fully saturated rings.